The number of benzene rings is 2. The third-order valence-electron chi connectivity index (χ3n) is 3.25. The van der Waals surface area contributed by atoms with Crippen LogP contribution in [0.15, 0.2) is 54.7 Å². The fourth-order valence-corrected chi connectivity index (χ4v) is 2.06. The molecule has 0 aliphatic rings. The zero-order valence-corrected chi connectivity index (χ0v) is 12.4. The summed E-state index contributed by atoms with van der Waals surface area (Å²) in [6, 6.07) is 11.2. The molecular weight excluding hydrogens is 317 g/mol. The van der Waals surface area contributed by atoms with Crippen molar-refractivity contribution in [3.63, 3.8) is 0 Å². The third kappa shape index (κ3) is 3.81. The van der Waals surface area contributed by atoms with Crippen LogP contribution in [0.25, 0.3) is 0 Å². The molecule has 0 aliphatic heterocycles. The number of hydrogen-bond donors (Lipinski definition) is 2. The van der Waals surface area contributed by atoms with Gasteiger partial charge in [-0.25, -0.2) is 18.2 Å². The molecule has 4 nitrogen and oxygen atoms in total. The average molecular weight is 330 g/mol. The van der Waals surface area contributed by atoms with E-state index in [0.29, 0.717) is 11.4 Å². The van der Waals surface area contributed by atoms with Gasteiger partial charge in [0.2, 0.25) is 5.95 Å². The molecule has 1 aromatic heterocycles. The van der Waals surface area contributed by atoms with Crippen molar-refractivity contribution < 1.29 is 13.2 Å². The smallest absolute Gasteiger partial charge is 0.229 e. The highest BCUT2D eigenvalue weighted by atomic mass is 19.1. The van der Waals surface area contributed by atoms with Gasteiger partial charge in [0.1, 0.15) is 23.3 Å². The fourth-order valence-electron chi connectivity index (χ4n) is 2.06. The summed E-state index contributed by atoms with van der Waals surface area (Å²) >= 11 is 0. The van der Waals surface area contributed by atoms with E-state index in [0.717, 1.165) is 12.1 Å². The van der Waals surface area contributed by atoms with Crippen molar-refractivity contribution in [2.75, 3.05) is 10.6 Å². The fraction of sp³-hybridized carbons (Fsp3) is 0.0588. The van der Waals surface area contributed by atoms with E-state index in [4.69, 9.17) is 0 Å². The molecule has 0 radical (unpaired) electrons. The number of hydrogen-bond acceptors (Lipinski definition) is 4. The van der Waals surface area contributed by atoms with E-state index < -0.39 is 11.6 Å². The molecule has 0 atom stereocenters. The summed E-state index contributed by atoms with van der Waals surface area (Å²) in [4.78, 5) is 8.13. The molecule has 122 valence electrons. The summed E-state index contributed by atoms with van der Waals surface area (Å²) in [6.07, 6.45) is 1.47. The standard InChI is InChI=1S/C17H13F3N4/c18-12-5-6-15(14(20)9-12)23-17-21-8-7-16(24-17)22-10-11-3-1-2-4-13(11)19/h1-9H,10H2,(H2,21,22,23,24). The first-order valence-electron chi connectivity index (χ1n) is 7.14. The van der Waals surface area contributed by atoms with Gasteiger partial charge in [0.25, 0.3) is 0 Å². The van der Waals surface area contributed by atoms with E-state index in [-0.39, 0.29) is 24.0 Å². The molecule has 24 heavy (non-hydrogen) atoms. The van der Waals surface area contributed by atoms with Crippen LogP contribution in [0.3, 0.4) is 0 Å². The van der Waals surface area contributed by atoms with Crippen LogP contribution in [0, 0.1) is 17.5 Å². The van der Waals surface area contributed by atoms with E-state index in [1.54, 1.807) is 24.3 Å². The van der Waals surface area contributed by atoms with E-state index in [1.165, 1.54) is 18.3 Å². The van der Waals surface area contributed by atoms with Crippen molar-refractivity contribution in [3.05, 3.63) is 77.7 Å². The van der Waals surface area contributed by atoms with Crippen LogP contribution in [0.2, 0.25) is 0 Å². The Balaban J connectivity index is 1.71. The first kappa shape index (κ1) is 15.8. The Hall–Kier alpha value is -3.09. The van der Waals surface area contributed by atoms with Crippen molar-refractivity contribution in [2.24, 2.45) is 0 Å². The van der Waals surface area contributed by atoms with Crippen LogP contribution >= 0.6 is 0 Å². The van der Waals surface area contributed by atoms with Crippen LogP contribution in [0.4, 0.5) is 30.6 Å². The number of nitrogens with zero attached hydrogens (tertiary/aromatic N) is 2. The molecule has 7 heteroatoms. The minimum Gasteiger partial charge on any atom is -0.366 e. The van der Waals surface area contributed by atoms with Gasteiger partial charge in [-0.3, -0.25) is 0 Å². The van der Waals surface area contributed by atoms with Crippen molar-refractivity contribution in [2.45, 2.75) is 6.54 Å². The molecular formula is C17H13F3N4. The molecule has 2 aromatic carbocycles. The van der Waals surface area contributed by atoms with Crippen molar-refractivity contribution in [1.82, 2.24) is 9.97 Å². The predicted octanol–water partition coefficient (Wildman–Crippen LogP) is 4.25. The van der Waals surface area contributed by atoms with Crippen molar-refractivity contribution in [3.8, 4) is 0 Å². The first-order chi connectivity index (χ1) is 11.6. The lowest BCUT2D eigenvalue weighted by molar-refractivity contribution is 0.586. The second-order valence-corrected chi connectivity index (χ2v) is 4.96. The molecule has 0 aliphatic carbocycles. The molecule has 0 saturated carbocycles. The minimum atomic E-state index is -0.747. The Morgan fingerprint density at radius 3 is 2.54 bits per heavy atom. The van der Waals surface area contributed by atoms with Crippen LogP contribution in [0.5, 0.6) is 0 Å². The van der Waals surface area contributed by atoms with Crippen LogP contribution in [-0.2, 0) is 6.54 Å². The Labute approximate surface area is 136 Å². The Morgan fingerprint density at radius 1 is 0.917 bits per heavy atom. The Kier molecular flexibility index (Phi) is 4.60. The molecule has 0 saturated heterocycles. The zero-order valence-electron chi connectivity index (χ0n) is 12.4. The zero-order chi connectivity index (χ0) is 16.9. The number of nitrogens with one attached hydrogen (secondary N) is 2. The summed E-state index contributed by atoms with van der Waals surface area (Å²) in [7, 11) is 0. The van der Waals surface area contributed by atoms with E-state index >= 15 is 0 Å². The molecule has 0 amide bonds. The maximum Gasteiger partial charge on any atom is 0.229 e. The summed E-state index contributed by atoms with van der Waals surface area (Å²) in [5, 5.41) is 5.64. The molecule has 0 fully saturated rings. The average Bonchev–Trinajstić information content (AvgIpc) is 2.57. The maximum absolute atomic E-state index is 13.6. The quantitative estimate of drug-likeness (QED) is 0.734. The lowest BCUT2D eigenvalue weighted by Gasteiger charge is -2.09. The van der Waals surface area contributed by atoms with Gasteiger partial charge < -0.3 is 10.6 Å². The number of halogens is 3. The van der Waals surface area contributed by atoms with E-state index in [9.17, 15) is 13.2 Å². The molecule has 0 bridgehead atoms. The largest absolute Gasteiger partial charge is 0.366 e. The first-order valence-corrected chi connectivity index (χ1v) is 7.14. The molecule has 0 spiro atoms. The van der Waals surface area contributed by atoms with Crippen molar-refractivity contribution in [1.29, 1.82) is 0 Å². The Morgan fingerprint density at radius 2 is 1.75 bits per heavy atom. The van der Waals surface area contributed by atoms with Gasteiger partial charge in [-0.05, 0) is 24.3 Å². The number of rotatable bonds is 5. The summed E-state index contributed by atoms with van der Waals surface area (Å²) < 4.78 is 40.1. The second-order valence-electron chi connectivity index (χ2n) is 4.96. The summed E-state index contributed by atoms with van der Waals surface area (Å²) in [6.45, 7) is 0.244. The van der Waals surface area contributed by atoms with Gasteiger partial charge in [-0.15, -0.1) is 0 Å². The van der Waals surface area contributed by atoms with Gasteiger partial charge >= 0.3 is 0 Å². The van der Waals surface area contributed by atoms with Crippen LogP contribution in [-0.4, -0.2) is 9.97 Å². The van der Waals surface area contributed by atoms with Gasteiger partial charge in [-0.2, -0.15) is 4.98 Å². The maximum atomic E-state index is 13.6. The van der Waals surface area contributed by atoms with Gasteiger partial charge in [0, 0.05) is 24.4 Å². The molecule has 2 N–H and O–H groups in total. The second kappa shape index (κ2) is 6.99. The molecule has 3 aromatic rings. The molecule has 0 unspecified atom stereocenters. The summed E-state index contributed by atoms with van der Waals surface area (Å²) in [5.74, 6) is -1.15. The predicted molar refractivity (Wildman–Crippen MR) is 85.4 cm³/mol. The number of anilines is 3. The van der Waals surface area contributed by atoms with Gasteiger partial charge in [0.15, 0.2) is 0 Å². The topological polar surface area (TPSA) is 49.8 Å². The summed E-state index contributed by atoms with van der Waals surface area (Å²) in [5.41, 5.74) is 0.554. The van der Waals surface area contributed by atoms with E-state index in [2.05, 4.69) is 20.6 Å². The lowest BCUT2D eigenvalue weighted by atomic mass is 10.2. The van der Waals surface area contributed by atoms with Gasteiger partial charge in [-0.1, -0.05) is 18.2 Å². The molecule has 3 rings (SSSR count). The van der Waals surface area contributed by atoms with Gasteiger partial charge in [0.05, 0.1) is 5.69 Å². The van der Waals surface area contributed by atoms with Crippen LogP contribution < -0.4 is 10.6 Å². The molecule has 1 heterocycles. The Bertz CT molecular complexity index is 855. The van der Waals surface area contributed by atoms with Crippen LogP contribution in [0.1, 0.15) is 5.56 Å². The van der Waals surface area contributed by atoms with Crippen molar-refractivity contribution >= 4 is 17.5 Å². The SMILES string of the molecule is Fc1ccc(Nc2nccc(NCc3ccccc3F)n2)c(F)c1. The highest BCUT2D eigenvalue weighted by molar-refractivity contribution is 5.55. The van der Waals surface area contributed by atoms with E-state index in [1.807, 2.05) is 0 Å². The lowest BCUT2D eigenvalue weighted by Crippen LogP contribution is -2.06. The number of aromatic nitrogens is 2. The minimum absolute atomic E-state index is 0.0580. The highest BCUT2D eigenvalue weighted by Gasteiger charge is 2.07. The highest BCUT2D eigenvalue weighted by Crippen LogP contribution is 2.19. The normalized spacial score (nSPS) is 10.5. The monoisotopic (exact) mass is 330 g/mol. The third-order valence-corrected chi connectivity index (χ3v) is 3.25.